The third kappa shape index (κ3) is 17.8. The number of pyridine rings is 2. The number of allylic oxidation sites excluding steroid dienone is 4. The molecule has 8 heterocycles. The van der Waals surface area contributed by atoms with Crippen LogP contribution in [0.1, 0.15) is 223 Å². The first-order valence-electron chi connectivity index (χ1n) is 40.8. The van der Waals surface area contributed by atoms with E-state index in [0.717, 1.165) is 84.0 Å². The third-order valence-corrected chi connectivity index (χ3v) is 29.6. The minimum Gasteiger partial charge on any atom is -0.477 e. The highest BCUT2D eigenvalue weighted by Gasteiger charge is 2.65. The van der Waals surface area contributed by atoms with Crippen LogP contribution in [0, 0.1) is 58.2 Å². The summed E-state index contributed by atoms with van der Waals surface area (Å²) < 4.78 is 92.3. The van der Waals surface area contributed by atoms with E-state index in [0.29, 0.717) is 88.1 Å². The van der Waals surface area contributed by atoms with Crippen molar-refractivity contribution in [3.05, 3.63) is 84.0 Å². The molecule has 2 aromatic heterocycles. The normalized spacial score (nSPS) is 31.1. The number of aromatic nitrogens is 2. The summed E-state index contributed by atoms with van der Waals surface area (Å²) in [5, 5.41) is 3.56. The summed E-state index contributed by atoms with van der Waals surface area (Å²) in [4.78, 5) is 127. The number of Topliss-reactive ketones (excluding diaryl/α,β-unsaturated/α-hetero) is 2. The number of fused-ring (bicyclic) bond motifs is 10. The SMILES string of the molecule is C[C@@H]1CC/C=C\[C@@H]2C[C@@]2(C(=O)NS(=O)(=O)C2(C)CC2)CC(=O)[C@@H]2C[C@@H](Oc3nc4c(c5ccccc35)CCCO4)CN2C(=O)[C@@H](CC(=O)OC(C)(C)C)[C@H](C)C1.C[C@H]1CC/C=C\[C@@H]2C[C@@]2(C(=O)NS(=O)(=O)C2(C)CC2)CC(=O)[C@@H]2C[C@@H](Oc3nc4c(c5ccccc35)CCCO4)CN2C(=O)[C@@H](CC(=O)OC(C)(C)C)[C@H](C)C1. The van der Waals surface area contributed by atoms with Gasteiger partial charge in [0.1, 0.15) is 23.4 Å². The van der Waals surface area contributed by atoms with E-state index in [2.05, 4.69) is 23.3 Å². The highest BCUT2D eigenvalue weighted by atomic mass is 32.2. The Balaban J connectivity index is 0.000000196. The Morgan fingerprint density at radius 3 is 1.27 bits per heavy atom. The van der Waals surface area contributed by atoms with Crippen molar-refractivity contribution >= 4 is 88.7 Å². The minimum absolute atomic E-state index is 0.0611. The molecule has 4 amide bonds. The van der Waals surface area contributed by atoms with E-state index in [1.165, 1.54) is 0 Å². The number of ether oxygens (including phenoxy) is 6. The van der Waals surface area contributed by atoms with E-state index in [4.69, 9.17) is 38.4 Å². The van der Waals surface area contributed by atoms with E-state index in [1.54, 1.807) is 65.2 Å². The van der Waals surface area contributed by atoms with Crippen molar-refractivity contribution in [1.82, 2.24) is 29.2 Å². The molecule has 4 aliphatic carbocycles. The maximum atomic E-state index is 14.9. The van der Waals surface area contributed by atoms with Crippen molar-refractivity contribution in [1.29, 1.82) is 0 Å². The van der Waals surface area contributed by atoms with Gasteiger partial charge in [-0.15, -0.1) is 0 Å². The largest absolute Gasteiger partial charge is 0.477 e. The van der Waals surface area contributed by atoms with Crippen LogP contribution in [0.2, 0.25) is 0 Å². The molecule has 10 aliphatic rings. The van der Waals surface area contributed by atoms with Crippen LogP contribution >= 0.6 is 0 Å². The first-order valence-corrected chi connectivity index (χ1v) is 43.7. The first-order chi connectivity index (χ1) is 52.8. The second-order valence-corrected chi connectivity index (χ2v) is 41.2. The van der Waals surface area contributed by atoms with E-state index < -0.39 is 111 Å². The van der Waals surface area contributed by atoms with Crippen molar-refractivity contribution in [3.63, 3.8) is 0 Å². The lowest BCUT2D eigenvalue weighted by molar-refractivity contribution is -0.160. The van der Waals surface area contributed by atoms with Crippen LogP contribution in [-0.2, 0) is 80.7 Å². The second-order valence-electron chi connectivity index (χ2n) is 36.8. The molecule has 112 heavy (non-hydrogen) atoms. The maximum absolute atomic E-state index is 14.9. The second kappa shape index (κ2) is 31.7. The fourth-order valence-electron chi connectivity index (χ4n) is 17.9. The molecule has 2 saturated heterocycles. The summed E-state index contributed by atoms with van der Waals surface area (Å²) >= 11 is 0. The summed E-state index contributed by atoms with van der Waals surface area (Å²) in [5.41, 5.74) is -1.98. The van der Waals surface area contributed by atoms with Crippen LogP contribution < -0.4 is 28.4 Å². The van der Waals surface area contributed by atoms with Gasteiger partial charge in [-0.25, -0.2) is 16.8 Å². The van der Waals surface area contributed by atoms with Gasteiger partial charge in [-0.1, -0.05) is 88.4 Å². The highest BCUT2D eigenvalue weighted by Crippen LogP contribution is 2.60. The Kier molecular flexibility index (Phi) is 23.2. The first kappa shape index (κ1) is 82.0. The number of esters is 2. The van der Waals surface area contributed by atoms with Crippen LogP contribution in [-0.4, -0.2) is 155 Å². The van der Waals surface area contributed by atoms with Crippen molar-refractivity contribution in [2.24, 2.45) is 58.2 Å². The standard InChI is InChI=1S/2C43H57N3O9S/c2*1-26-12-7-8-13-28-23-43(28,40(50)45-56(51,52)42(6)17-18-42)24-35(47)34-21-29(25-46(34)39(49)33(27(2)20-26)22-36(48)55-41(3,4)5)54-38-32-15-10-9-14-30(32)31-16-11-19-53-37(31)44-38/h2*8-10,13-15,26-29,33-34H,7,11-12,16-25H2,1-6H3,(H,45,50)/b2*13-8-/t26-,27+,28+,29+,33-,34-,43+;26-,27-,28-,29-,33+,34+,43-/m01/s1. The number of hydrogen-bond acceptors (Lipinski definition) is 20. The zero-order valence-corrected chi connectivity index (χ0v) is 68.8. The fraction of sp³-hybridized carbons (Fsp3) is 0.651. The molecule has 4 aromatic rings. The van der Waals surface area contributed by atoms with Gasteiger partial charge < -0.3 is 38.2 Å². The van der Waals surface area contributed by atoms with Gasteiger partial charge in [-0.2, -0.15) is 9.97 Å². The van der Waals surface area contributed by atoms with Crippen LogP contribution in [0.15, 0.2) is 72.8 Å². The van der Waals surface area contributed by atoms with Gasteiger partial charge in [-0.05, 0) is 217 Å². The Morgan fingerprint density at radius 1 is 0.545 bits per heavy atom. The lowest BCUT2D eigenvalue weighted by atomic mass is 9.82. The van der Waals surface area contributed by atoms with Crippen LogP contribution in [0.5, 0.6) is 23.5 Å². The lowest BCUT2D eigenvalue weighted by Crippen LogP contribution is -2.48. The Bertz CT molecular complexity index is 4360. The molecule has 24 nitrogen and oxygen atoms in total. The molecule has 0 spiro atoms. The molecular weight excluding hydrogens is 1470 g/mol. The molecule has 6 aliphatic heterocycles. The van der Waals surface area contributed by atoms with Gasteiger partial charge in [0.15, 0.2) is 11.6 Å². The molecule has 14 atom stereocenters. The van der Waals surface area contributed by atoms with Crippen molar-refractivity contribution < 1.29 is 83.6 Å². The number of hydrogen-bond donors (Lipinski definition) is 2. The summed E-state index contributed by atoms with van der Waals surface area (Å²) in [6.07, 6.45) is 16.5. The summed E-state index contributed by atoms with van der Waals surface area (Å²) in [5.74, 6) is -4.13. The molecule has 608 valence electrons. The Hall–Kier alpha value is -8.00. The van der Waals surface area contributed by atoms with Crippen molar-refractivity contribution in [2.45, 2.75) is 269 Å². The van der Waals surface area contributed by atoms with Crippen molar-refractivity contribution in [2.75, 3.05) is 26.3 Å². The number of benzene rings is 2. The van der Waals surface area contributed by atoms with Gasteiger partial charge in [-0.3, -0.25) is 47.8 Å². The summed E-state index contributed by atoms with van der Waals surface area (Å²) in [7, 11) is -7.90. The number of sulfonamides is 2. The number of carbonyl (C=O) groups excluding carboxylic acids is 8. The number of aryl methyl sites for hydroxylation is 2. The van der Waals surface area contributed by atoms with E-state index >= 15 is 0 Å². The fourth-order valence-corrected chi connectivity index (χ4v) is 20.6. The average molecular weight is 1580 g/mol. The number of ketones is 2. The van der Waals surface area contributed by atoms with Gasteiger partial charge in [0, 0.05) is 47.6 Å². The average Bonchev–Trinajstić information content (AvgIpc) is 1.53. The Morgan fingerprint density at radius 2 is 0.911 bits per heavy atom. The molecule has 2 aromatic carbocycles. The minimum atomic E-state index is -3.95. The highest BCUT2D eigenvalue weighted by molar-refractivity contribution is 7.92. The molecule has 6 fully saturated rings. The predicted molar refractivity (Wildman–Crippen MR) is 420 cm³/mol. The maximum Gasteiger partial charge on any atom is 0.307 e. The van der Waals surface area contributed by atoms with Gasteiger partial charge in [0.2, 0.25) is 67.2 Å². The molecular formula is C86H114N6O18S2. The third-order valence-electron chi connectivity index (χ3n) is 25.3. The molecule has 0 bridgehead atoms. The number of nitrogens with one attached hydrogen (secondary N) is 2. The van der Waals surface area contributed by atoms with E-state index in [9.17, 15) is 55.2 Å². The van der Waals surface area contributed by atoms with Gasteiger partial charge in [0.05, 0.1) is 83.4 Å². The zero-order valence-electron chi connectivity index (χ0n) is 67.2. The van der Waals surface area contributed by atoms with E-state index in [-0.39, 0.29) is 111 Å². The quantitative estimate of drug-likeness (QED) is 0.0875. The van der Waals surface area contributed by atoms with Crippen LogP contribution in [0.25, 0.3) is 21.5 Å². The molecule has 2 N–H and O–H groups in total. The van der Waals surface area contributed by atoms with E-state index in [1.807, 2.05) is 86.7 Å². The Labute approximate surface area is 659 Å². The van der Waals surface area contributed by atoms with Gasteiger partial charge in [0.25, 0.3) is 0 Å². The summed E-state index contributed by atoms with van der Waals surface area (Å²) in [6, 6.07) is 13.7. The smallest absolute Gasteiger partial charge is 0.307 e. The molecule has 0 radical (unpaired) electrons. The number of rotatable bonds is 14. The lowest BCUT2D eigenvalue weighted by Gasteiger charge is -2.32. The topological polar surface area (TPSA) is 317 Å². The molecule has 0 unspecified atom stereocenters. The van der Waals surface area contributed by atoms with Crippen molar-refractivity contribution in [3.8, 4) is 23.5 Å². The predicted octanol–water partition coefficient (Wildman–Crippen LogP) is 12.5. The van der Waals surface area contributed by atoms with Crippen LogP contribution in [0.3, 0.4) is 0 Å². The molecule has 26 heteroatoms. The number of carbonyl (C=O) groups is 8. The number of amides is 4. The van der Waals surface area contributed by atoms with Gasteiger partial charge >= 0.3 is 11.9 Å². The molecule has 14 rings (SSSR count). The monoisotopic (exact) mass is 1580 g/mol. The summed E-state index contributed by atoms with van der Waals surface area (Å²) in [6.45, 7) is 23.4. The zero-order chi connectivity index (χ0) is 80.4. The van der Waals surface area contributed by atoms with Crippen LogP contribution in [0.4, 0.5) is 0 Å². The number of nitrogens with zero attached hydrogens (tertiary/aromatic N) is 4. The molecule has 4 saturated carbocycles.